The van der Waals surface area contributed by atoms with Gasteiger partial charge >= 0.3 is 5.97 Å². The highest BCUT2D eigenvalue weighted by molar-refractivity contribution is 6.34. The molecule has 1 heterocycles. The van der Waals surface area contributed by atoms with Crippen molar-refractivity contribution in [2.45, 2.75) is 39.2 Å². The third kappa shape index (κ3) is 4.82. The quantitative estimate of drug-likeness (QED) is 0.660. The highest BCUT2D eigenvalue weighted by atomic mass is 35.5. The molecule has 0 spiro atoms. The predicted octanol–water partition coefficient (Wildman–Crippen LogP) is 3.49. The van der Waals surface area contributed by atoms with Gasteiger partial charge < -0.3 is 10.1 Å². The molecule has 7 heteroatoms. The van der Waals surface area contributed by atoms with Crippen LogP contribution in [0.3, 0.4) is 0 Å². The Balaban J connectivity index is 1.86. The third-order valence-corrected chi connectivity index (χ3v) is 4.91. The molecule has 0 bridgehead atoms. The van der Waals surface area contributed by atoms with E-state index >= 15 is 0 Å². The molecule has 126 valence electrons. The summed E-state index contributed by atoms with van der Waals surface area (Å²) in [7, 11) is 0. The van der Waals surface area contributed by atoms with E-state index in [9.17, 15) is 9.59 Å². The highest BCUT2D eigenvalue weighted by Gasteiger charge is 2.28. The molecule has 3 atom stereocenters. The Bertz CT molecular complexity index is 595. The summed E-state index contributed by atoms with van der Waals surface area (Å²) < 4.78 is 4.97. The van der Waals surface area contributed by atoms with Crippen LogP contribution >= 0.6 is 23.2 Å². The van der Waals surface area contributed by atoms with Gasteiger partial charge in [0.05, 0.1) is 5.02 Å². The molecule has 1 aromatic rings. The van der Waals surface area contributed by atoms with Gasteiger partial charge in [-0.2, -0.15) is 0 Å². The molecule has 0 aromatic carbocycles. The fraction of sp³-hybridized carbons (Fsp3) is 0.562. The standard InChI is InChI=1S/C16H20Cl2N2O3/c1-9-4-3-5-12(10(9)2)19-14(21)8-23-16(22)15-11(17)6-7-13(18)20-15/h6-7,9-10,12H,3-5,8H2,1-2H3,(H,19,21)/t9-,10-,12+/m1/s1. The van der Waals surface area contributed by atoms with E-state index in [0.29, 0.717) is 11.8 Å². The largest absolute Gasteiger partial charge is 0.451 e. The van der Waals surface area contributed by atoms with E-state index in [1.54, 1.807) is 0 Å². The normalized spacial score (nSPS) is 24.1. The second-order valence-electron chi connectivity index (χ2n) is 5.98. The summed E-state index contributed by atoms with van der Waals surface area (Å²) in [5.74, 6) is -0.0985. The fourth-order valence-electron chi connectivity index (χ4n) is 2.80. The molecule has 0 radical (unpaired) electrons. The summed E-state index contributed by atoms with van der Waals surface area (Å²) in [6, 6.07) is 3.05. The molecule has 0 saturated heterocycles. The molecule has 23 heavy (non-hydrogen) atoms. The van der Waals surface area contributed by atoms with Crippen molar-refractivity contribution in [1.82, 2.24) is 10.3 Å². The van der Waals surface area contributed by atoms with Gasteiger partial charge in [0.2, 0.25) is 0 Å². The Kier molecular flexibility index (Phi) is 6.25. The molecule has 1 saturated carbocycles. The van der Waals surface area contributed by atoms with Crippen LogP contribution in [0.4, 0.5) is 0 Å². The summed E-state index contributed by atoms with van der Waals surface area (Å²) >= 11 is 11.6. The van der Waals surface area contributed by atoms with E-state index in [-0.39, 0.29) is 34.4 Å². The second kappa shape index (κ2) is 7.97. The van der Waals surface area contributed by atoms with Crippen molar-refractivity contribution >= 4 is 35.1 Å². The van der Waals surface area contributed by atoms with Crippen molar-refractivity contribution in [2.24, 2.45) is 11.8 Å². The minimum atomic E-state index is -0.766. The van der Waals surface area contributed by atoms with Crippen LogP contribution < -0.4 is 5.32 Å². The van der Waals surface area contributed by atoms with Crippen LogP contribution in [0, 0.1) is 11.8 Å². The monoisotopic (exact) mass is 358 g/mol. The first-order chi connectivity index (χ1) is 10.9. The van der Waals surface area contributed by atoms with E-state index in [1.165, 1.54) is 18.6 Å². The van der Waals surface area contributed by atoms with Crippen LogP contribution in [0.25, 0.3) is 0 Å². The van der Waals surface area contributed by atoms with E-state index in [1.807, 2.05) is 0 Å². The lowest BCUT2D eigenvalue weighted by atomic mass is 9.78. The topological polar surface area (TPSA) is 68.3 Å². The number of aromatic nitrogens is 1. The number of rotatable bonds is 4. The molecule has 1 aliphatic carbocycles. The van der Waals surface area contributed by atoms with Gasteiger partial charge in [-0.25, -0.2) is 9.78 Å². The van der Waals surface area contributed by atoms with Gasteiger partial charge in [-0.15, -0.1) is 0 Å². The Morgan fingerprint density at radius 2 is 2.04 bits per heavy atom. The minimum absolute atomic E-state index is 0.0911. The first kappa shape index (κ1) is 18.0. The minimum Gasteiger partial charge on any atom is -0.451 e. The zero-order valence-corrected chi connectivity index (χ0v) is 14.7. The summed E-state index contributed by atoms with van der Waals surface area (Å²) in [6.07, 6.45) is 3.23. The lowest BCUT2D eigenvalue weighted by molar-refractivity contribution is -0.125. The van der Waals surface area contributed by atoms with Crippen molar-refractivity contribution in [2.75, 3.05) is 6.61 Å². The number of nitrogens with zero attached hydrogens (tertiary/aromatic N) is 1. The zero-order chi connectivity index (χ0) is 17.0. The van der Waals surface area contributed by atoms with Crippen molar-refractivity contribution in [3.05, 3.63) is 28.0 Å². The Morgan fingerprint density at radius 3 is 2.78 bits per heavy atom. The van der Waals surface area contributed by atoms with Gasteiger partial charge in [-0.1, -0.05) is 49.9 Å². The maximum absolute atomic E-state index is 12.0. The number of halogens is 2. The Hall–Kier alpha value is -1.33. The van der Waals surface area contributed by atoms with Crippen LogP contribution in [-0.2, 0) is 9.53 Å². The molecular formula is C16H20Cl2N2O3. The number of carbonyl (C=O) groups is 2. The van der Waals surface area contributed by atoms with Crippen LogP contribution in [0.15, 0.2) is 12.1 Å². The number of carbonyl (C=O) groups excluding carboxylic acids is 2. The maximum atomic E-state index is 12.0. The number of amides is 1. The number of ether oxygens (including phenoxy) is 1. The van der Waals surface area contributed by atoms with E-state index in [0.717, 1.165) is 12.8 Å². The summed E-state index contributed by atoms with van der Waals surface area (Å²) in [4.78, 5) is 27.7. The summed E-state index contributed by atoms with van der Waals surface area (Å²) in [5.41, 5.74) is -0.0911. The van der Waals surface area contributed by atoms with Crippen molar-refractivity contribution in [1.29, 1.82) is 0 Å². The summed E-state index contributed by atoms with van der Waals surface area (Å²) in [6.45, 7) is 3.97. The molecule has 0 unspecified atom stereocenters. The van der Waals surface area contributed by atoms with Gasteiger partial charge in [-0.3, -0.25) is 4.79 Å². The maximum Gasteiger partial charge on any atom is 0.359 e. The van der Waals surface area contributed by atoms with Gasteiger partial charge in [0.1, 0.15) is 5.15 Å². The van der Waals surface area contributed by atoms with E-state index < -0.39 is 5.97 Å². The van der Waals surface area contributed by atoms with Crippen LogP contribution in [-0.4, -0.2) is 29.5 Å². The van der Waals surface area contributed by atoms with Gasteiger partial charge in [-0.05, 0) is 30.4 Å². The number of nitrogens with one attached hydrogen (secondary N) is 1. The smallest absolute Gasteiger partial charge is 0.359 e. The number of esters is 1. The van der Waals surface area contributed by atoms with Crippen molar-refractivity contribution in [3.63, 3.8) is 0 Å². The second-order valence-corrected chi connectivity index (χ2v) is 6.78. The van der Waals surface area contributed by atoms with Crippen LogP contribution in [0.5, 0.6) is 0 Å². The molecular weight excluding hydrogens is 339 g/mol. The van der Waals surface area contributed by atoms with Crippen molar-refractivity contribution in [3.8, 4) is 0 Å². The Morgan fingerprint density at radius 1 is 1.30 bits per heavy atom. The molecule has 1 aliphatic rings. The number of hydrogen-bond donors (Lipinski definition) is 1. The lowest BCUT2D eigenvalue weighted by Crippen LogP contribution is -2.45. The zero-order valence-electron chi connectivity index (χ0n) is 13.1. The Labute approximate surface area is 145 Å². The van der Waals surface area contributed by atoms with Gasteiger partial charge in [0.15, 0.2) is 12.3 Å². The molecule has 5 nitrogen and oxygen atoms in total. The average Bonchev–Trinajstić information content (AvgIpc) is 2.52. The first-order valence-electron chi connectivity index (χ1n) is 7.67. The molecule has 0 aliphatic heterocycles. The lowest BCUT2D eigenvalue weighted by Gasteiger charge is -2.34. The molecule has 2 rings (SSSR count). The van der Waals surface area contributed by atoms with Crippen molar-refractivity contribution < 1.29 is 14.3 Å². The van der Waals surface area contributed by atoms with Crippen LogP contribution in [0.2, 0.25) is 10.2 Å². The first-order valence-corrected chi connectivity index (χ1v) is 8.42. The van der Waals surface area contributed by atoms with Gasteiger partial charge in [0.25, 0.3) is 5.91 Å². The van der Waals surface area contributed by atoms with Gasteiger partial charge in [0, 0.05) is 6.04 Å². The molecule has 1 N–H and O–H groups in total. The third-order valence-electron chi connectivity index (χ3n) is 4.39. The predicted molar refractivity (Wildman–Crippen MR) is 88.6 cm³/mol. The van der Waals surface area contributed by atoms with Crippen LogP contribution in [0.1, 0.15) is 43.6 Å². The van der Waals surface area contributed by atoms with E-state index in [4.69, 9.17) is 27.9 Å². The molecule has 1 aromatic heterocycles. The van der Waals surface area contributed by atoms with E-state index in [2.05, 4.69) is 24.1 Å². The average molecular weight is 359 g/mol. The molecule has 1 fully saturated rings. The number of pyridine rings is 1. The highest BCUT2D eigenvalue weighted by Crippen LogP contribution is 2.29. The SMILES string of the molecule is C[C@@H]1[C@H](C)CCC[C@@H]1NC(=O)COC(=O)c1nc(Cl)ccc1Cl. The summed E-state index contributed by atoms with van der Waals surface area (Å²) in [5, 5.41) is 3.21. The number of hydrogen-bond acceptors (Lipinski definition) is 4. The fourth-order valence-corrected chi connectivity index (χ4v) is 3.13. The molecule has 1 amide bonds.